The Morgan fingerprint density at radius 3 is 2.35 bits per heavy atom. The minimum absolute atomic E-state index is 0.293. The van der Waals surface area contributed by atoms with Crippen LogP contribution in [0.1, 0.15) is 22.8 Å². The SMILES string of the molecule is CCc1ccc(Sc2ccc(C(=O)OC)c(I)c2)cc1. The molecule has 2 aromatic rings. The molecule has 2 nitrogen and oxygen atoms in total. The van der Waals surface area contributed by atoms with Crippen molar-refractivity contribution < 1.29 is 9.53 Å². The zero-order valence-corrected chi connectivity index (χ0v) is 14.3. The fraction of sp³-hybridized carbons (Fsp3) is 0.188. The fourth-order valence-electron chi connectivity index (χ4n) is 1.76. The molecule has 4 heteroatoms. The van der Waals surface area contributed by atoms with Crippen molar-refractivity contribution in [1.29, 1.82) is 0 Å². The lowest BCUT2D eigenvalue weighted by Gasteiger charge is -2.06. The van der Waals surface area contributed by atoms with Gasteiger partial charge in [0.2, 0.25) is 0 Å². The van der Waals surface area contributed by atoms with E-state index in [4.69, 9.17) is 4.74 Å². The first-order valence-corrected chi connectivity index (χ1v) is 8.18. The number of carbonyl (C=O) groups excluding carboxylic acids is 1. The number of hydrogen-bond acceptors (Lipinski definition) is 3. The molecule has 0 aliphatic carbocycles. The zero-order chi connectivity index (χ0) is 14.5. The summed E-state index contributed by atoms with van der Waals surface area (Å²) in [5.41, 5.74) is 1.95. The maximum Gasteiger partial charge on any atom is 0.338 e. The van der Waals surface area contributed by atoms with Crippen molar-refractivity contribution in [2.45, 2.75) is 23.1 Å². The van der Waals surface area contributed by atoms with E-state index in [0.717, 1.165) is 14.9 Å². The van der Waals surface area contributed by atoms with Gasteiger partial charge in [-0.25, -0.2) is 4.79 Å². The van der Waals surface area contributed by atoms with Gasteiger partial charge in [0.1, 0.15) is 0 Å². The van der Waals surface area contributed by atoms with Crippen LogP contribution in [-0.2, 0) is 11.2 Å². The van der Waals surface area contributed by atoms with Crippen molar-refractivity contribution >= 4 is 40.3 Å². The summed E-state index contributed by atoms with van der Waals surface area (Å²) in [5.74, 6) is -0.293. The lowest BCUT2D eigenvalue weighted by Crippen LogP contribution is -2.03. The first kappa shape index (κ1) is 15.4. The normalized spacial score (nSPS) is 10.3. The summed E-state index contributed by atoms with van der Waals surface area (Å²) in [6, 6.07) is 14.3. The number of carbonyl (C=O) groups is 1. The standard InChI is InChI=1S/C16H15IO2S/c1-3-11-4-6-12(7-5-11)20-13-8-9-14(15(17)10-13)16(18)19-2/h4-10H,3H2,1-2H3. The molecule has 0 N–H and O–H groups in total. The molecule has 0 aromatic heterocycles. The minimum Gasteiger partial charge on any atom is -0.465 e. The Balaban J connectivity index is 2.17. The van der Waals surface area contributed by atoms with Gasteiger partial charge in [-0.2, -0.15) is 0 Å². The first-order chi connectivity index (χ1) is 9.63. The summed E-state index contributed by atoms with van der Waals surface area (Å²) in [6.07, 6.45) is 1.05. The predicted octanol–water partition coefficient (Wildman–Crippen LogP) is 4.79. The summed E-state index contributed by atoms with van der Waals surface area (Å²) in [6.45, 7) is 2.15. The molecule has 2 rings (SSSR count). The first-order valence-electron chi connectivity index (χ1n) is 6.28. The van der Waals surface area contributed by atoms with Crippen LogP contribution in [0.4, 0.5) is 0 Å². The van der Waals surface area contributed by atoms with Crippen molar-refractivity contribution in [2.24, 2.45) is 0 Å². The number of hydrogen-bond donors (Lipinski definition) is 0. The van der Waals surface area contributed by atoms with Crippen LogP contribution in [-0.4, -0.2) is 13.1 Å². The van der Waals surface area contributed by atoms with Crippen molar-refractivity contribution in [1.82, 2.24) is 0 Å². The molecule has 0 heterocycles. The van der Waals surface area contributed by atoms with E-state index < -0.39 is 0 Å². The highest BCUT2D eigenvalue weighted by molar-refractivity contribution is 14.1. The van der Waals surface area contributed by atoms with Gasteiger partial charge in [0.15, 0.2) is 0 Å². The largest absolute Gasteiger partial charge is 0.465 e. The lowest BCUT2D eigenvalue weighted by molar-refractivity contribution is 0.0599. The third-order valence-electron chi connectivity index (χ3n) is 2.91. The van der Waals surface area contributed by atoms with E-state index in [1.54, 1.807) is 11.8 Å². The number of ether oxygens (including phenoxy) is 1. The molecule has 0 amide bonds. The Bertz CT molecular complexity index is 608. The lowest BCUT2D eigenvalue weighted by atomic mass is 10.2. The van der Waals surface area contributed by atoms with Gasteiger partial charge in [0.05, 0.1) is 12.7 Å². The number of benzene rings is 2. The molecule has 0 bridgehead atoms. The second-order valence-corrected chi connectivity index (χ2v) is 6.54. The molecular formula is C16H15IO2S. The number of esters is 1. The molecule has 2 aromatic carbocycles. The van der Waals surface area contributed by atoms with Crippen LogP contribution >= 0.6 is 34.4 Å². The van der Waals surface area contributed by atoms with E-state index in [9.17, 15) is 4.79 Å². The predicted molar refractivity (Wildman–Crippen MR) is 90.4 cm³/mol. The van der Waals surface area contributed by atoms with Gasteiger partial charge in [0, 0.05) is 13.4 Å². The van der Waals surface area contributed by atoms with E-state index >= 15 is 0 Å². The monoisotopic (exact) mass is 398 g/mol. The summed E-state index contributed by atoms with van der Waals surface area (Å²) >= 11 is 3.86. The number of rotatable bonds is 4. The van der Waals surface area contributed by atoms with Crippen LogP contribution in [0.2, 0.25) is 0 Å². The van der Waals surface area contributed by atoms with E-state index in [1.807, 2.05) is 18.2 Å². The van der Waals surface area contributed by atoms with Crippen LogP contribution in [0.5, 0.6) is 0 Å². The van der Waals surface area contributed by atoms with Crippen LogP contribution in [0, 0.1) is 3.57 Å². The molecule has 20 heavy (non-hydrogen) atoms. The molecule has 0 spiro atoms. The van der Waals surface area contributed by atoms with E-state index in [0.29, 0.717) is 5.56 Å². The van der Waals surface area contributed by atoms with Crippen molar-refractivity contribution in [3.63, 3.8) is 0 Å². The molecule has 0 fully saturated rings. The molecular weight excluding hydrogens is 383 g/mol. The molecule has 104 valence electrons. The van der Waals surface area contributed by atoms with Crippen LogP contribution in [0.25, 0.3) is 0 Å². The number of aryl methyl sites for hydroxylation is 1. The van der Waals surface area contributed by atoms with E-state index in [1.165, 1.54) is 17.6 Å². The van der Waals surface area contributed by atoms with Gasteiger partial charge in [0.25, 0.3) is 0 Å². The summed E-state index contributed by atoms with van der Waals surface area (Å²) < 4.78 is 5.66. The summed E-state index contributed by atoms with van der Waals surface area (Å²) in [4.78, 5) is 13.9. The van der Waals surface area contributed by atoms with Crippen molar-refractivity contribution in [3.8, 4) is 0 Å². The minimum atomic E-state index is -0.293. The Hall–Kier alpha value is -1.01. The van der Waals surface area contributed by atoms with E-state index in [2.05, 4.69) is 53.8 Å². The van der Waals surface area contributed by atoms with Gasteiger partial charge >= 0.3 is 5.97 Å². The van der Waals surface area contributed by atoms with Gasteiger partial charge < -0.3 is 4.74 Å². The van der Waals surface area contributed by atoms with Crippen LogP contribution < -0.4 is 0 Å². The van der Waals surface area contributed by atoms with Crippen LogP contribution in [0.15, 0.2) is 52.3 Å². The molecule has 0 saturated carbocycles. The third-order valence-corrected chi connectivity index (χ3v) is 4.80. The van der Waals surface area contributed by atoms with Crippen molar-refractivity contribution in [3.05, 3.63) is 57.2 Å². The maximum atomic E-state index is 11.5. The molecule has 0 aliphatic rings. The summed E-state index contributed by atoms with van der Waals surface area (Å²) in [5, 5.41) is 0. The Labute approximate surface area is 137 Å². The van der Waals surface area contributed by atoms with Gasteiger partial charge in [-0.05, 0) is 64.9 Å². The topological polar surface area (TPSA) is 26.3 Å². The number of halogens is 1. The van der Waals surface area contributed by atoms with E-state index in [-0.39, 0.29) is 5.97 Å². The molecule has 0 saturated heterocycles. The molecule has 0 radical (unpaired) electrons. The average Bonchev–Trinajstić information content (AvgIpc) is 2.47. The maximum absolute atomic E-state index is 11.5. The second kappa shape index (κ2) is 7.13. The van der Waals surface area contributed by atoms with Gasteiger partial charge in [-0.1, -0.05) is 30.8 Å². The molecule has 0 atom stereocenters. The highest BCUT2D eigenvalue weighted by atomic mass is 127. The average molecular weight is 398 g/mol. The van der Waals surface area contributed by atoms with Gasteiger partial charge in [-0.3, -0.25) is 0 Å². The Morgan fingerprint density at radius 1 is 1.15 bits per heavy atom. The second-order valence-electron chi connectivity index (χ2n) is 4.23. The smallest absolute Gasteiger partial charge is 0.338 e. The summed E-state index contributed by atoms with van der Waals surface area (Å²) in [7, 11) is 1.40. The Kier molecular flexibility index (Phi) is 5.48. The van der Waals surface area contributed by atoms with Gasteiger partial charge in [-0.15, -0.1) is 0 Å². The zero-order valence-electron chi connectivity index (χ0n) is 11.4. The fourth-order valence-corrected chi connectivity index (χ4v) is 3.57. The quantitative estimate of drug-likeness (QED) is 0.547. The van der Waals surface area contributed by atoms with Crippen molar-refractivity contribution in [2.75, 3.05) is 7.11 Å². The third kappa shape index (κ3) is 3.76. The van der Waals surface area contributed by atoms with Crippen LogP contribution in [0.3, 0.4) is 0 Å². The highest BCUT2D eigenvalue weighted by Crippen LogP contribution is 2.30. The molecule has 0 aliphatic heterocycles. The Morgan fingerprint density at radius 2 is 1.80 bits per heavy atom. The highest BCUT2D eigenvalue weighted by Gasteiger charge is 2.10. The number of methoxy groups -OCH3 is 1. The molecule has 0 unspecified atom stereocenters.